The SMILES string of the molecule is CCNc1nc(C)c([N+](=O)[O-])c(NC2CC3CCC2O3)n1. The highest BCUT2D eigenvalue weighted by Crippen LogP contribution is 2.37. The van der Waals surface area contributed by atoms with Crippen LogP contribution in [0.1, 0.15) is 31.9 Å². The van der Waals surface area contributed by atoms with Crippen molar-refractivity contribution in [2.75, 3.05) is 17.2 Å². The van der Waals surface area contributed by atoms with Gasteiger partial charge in [-0.05, 0) is 33.1 Å². The van der Waals surface area contributed by atoms with Gasteiger partial charge in [-0.25, -0.2) is 4.98 Å². The van der Waals surface area contributed by atoms with E-state index in [1.807, 2.05) is 6.92 Å². The van der Waals surface area contributed by atoms with Gasteiger partial charge in [0.1, 0.15) is 5.69 Å². The smallest absolute Gasteiger partial charge is 0.332 e. The molecule has 0 aromatic carbocycles. The summed E-state index contributed by atoms with van der Waals surface area (Å²) in [7, 11) is 0. The van der Waals surface area contributed by atoms with Crippen LogP contribution in [0.3, 0.4) is 0 Å². The molecule has 0 amide bonds. The van der Waals surface area contributed by atoms with Crippen LogP contribution in [0, 0.1) is 17.0 Å². The number of hydrogen-bond acceptors (Lipinski definition) is 7. The molecule has 114 valence electrons. The number of ether oxygens (including phenoxy) is 1. The molecule has 2 saturated heterocycles. The summed E-state index contributed by atoms with van der Waals surface area (Å²) in [5.74, 6) is 0.691. The number of anilines is 2. The van der Waals surface area contributed by atoms with Crippen LogP contribution in [-0.2, 0) is 4.74 Å². The summed E-state index contributed by atoms with van der Waals surface area (Å²) in [6, 6.07) is 0.0891. The normalized spacial score (nSPS) is 26.9. The number of nitrogens with zero attached hydrogens (tertiary/aromatic N) is 3. The van der Waals surface area contributed by atoms with Crippen LogP contribution in [0.2, 0.25) is 0 Å². The zero-order valence-electron chi connectivity index (χ0n) is 12.1. The molecule has 0 aliphatic carbocycles. The molecule has 1 aromatic rings. The molecule has 2 aliphatic rings. The van der Waals surface area contributed by atoms with E-state index in [1.165, 1.54) is 0 Å². The minimum absolute atomic E-state index is 0.0561. The largest absolute Gasteiger partial charge is 0.373 e. The van der Waals surface area contributed by atoms with Gasteiger partial charge in [-0.15, -0.1) is 0 Å². The average molecular weight is 293 g/mol. The molecule has 21 heavy (non-hydrogen) atoms. The summed E-state index contributed by atoms with van der Waals surface area (Å²) in [5.41, 5.74) is 0.303. The van der Waals surface area contributed by atoms with Gasteiger partial charge in [0.25, 0.3) is 0 Å². The number of nitro groups is 1. The molecule has 3 atom stereocenters. The molecule has 3 rings (SSSR count). The van der Waals surface area contributed by atoms with E-state index in [2.05, 4.69) is 20.6 Å². The Kier molecular flexibility index (Phi) is 3.62. The van der Waals surface area contributed by atoms with Crippen molar-refractivity contribution in [2.24, 2.45) is 0 Å². The minimum Gasteiger partial charge on any atom is -0.373 e. The molecular formula is C13H19N5O3. The van der Waals surface area contributed by atoms with E-state index < -0.39 is 4.92 Å². The highest BCUT2D eigenvalue weighted by Gasteiger charge is 2.41. The Morgan fingerprint density at radius 1 is 1.43 bits per heavy atom. The second kappa shape index (κ2) is 5.44. The predicted octanol–water partition coefficient (Wildman–Crippen LogP) is 1.86. The standard InChI is InChI=1S/C13H19N5O3/c1-3-14-13-15-7(2)11(18(19)20)12(17-13)16-9-6-8-4-5-10(9)21-8/h8-10H,3-6H2,1-2H3,(H2,14,15,16,17). The molecule has 2 bridgehead atoms. The van der Waals surface area contributed by atoms with Crippen molar-refractivity contribution in [3.05, 3.63) is 15.8 Å². The van der Waals surface area contributed by atoms with Gasteiger partial charge in [-0.2, -0.15) is 4.98 Å². The molecule has 2 fully saturated rings. The van der Waals surface area contributed by atoms with Gasteiger partial charge in [0.2, 0.25) is 11.8 Å². The molecule has 1 aromatic heterocycles. The van der Waals surface area contributed by atoms with E-state index >= 15 is 0 Å². The third-order valence-corrected chi connectivity index (χ3v) is 4.00. The van der Waals surface area contributed by atoms with Crippen LogP contribution in [0.5, 0.6) is 0 Å². The molecule has 0 saturated carbocycles. The van der Waals surface area contributed by atoms with Gasteiger partial charge < -0.3 is 15.4 Å². The Labute approximate surface area is 122 Å². The number of nitrogens with one attached hydrogen (secondary N) is 2. The third kappa shape index (κ3) is 2.63. The molecule has 3 heterocycles. The lowest BCUT2D eigenvalue weighted by Crippen LogP contribution is -2.31. The van der Waals surface area contributed by atoms with Crippen molar-refractivity contribution < 1.29 is 9.66 Å². The second-order valence-electron chi connectivity index (χ2n) is 5.48. The lowest BCUT2D eigenvalue weighted by Gasteiger charge is -2.21. The van der Waals surface area contributed by atoms with E-state index in [-0.39, 0.29) is 29.8 Å². The first kappa shape index (κ1) is 14.0. The lowest BCUT2D eigenvalue weighted by molar-refractivity contribution is -0.385. The Morgan fingerprint density at radius 2 is 2.24 bits per heavy atom. The van der Waals surface area contributed by atoms with Crippen molar-refractivity contribution in [3.63, 3.8) is 0 Å². The number of rotatable bonds is 5. The van der Waals surface area contributed by atoms with E-state index in [9.17, 15) is 10.1 Å². The Bertz CT molecular complexity index is 565. The summed E-state index contributed by atoms with van der Waals surface area (Å²) in [4.78, 5) is 19.2. The Balaban J connectivity index is 1.89. The maximum atomic E-state index is 11.3. The minimum atomic E-state index is -0.429. The highest BCUT2D eigenvalue weighted by molar-refractivity contribution is 5.61. The molecule has 2 N–H and O–H groups in total. The van der Waals surface area contributed by atoms with Crippen molar-refractivity contribution in [2.45, 2.75) is 51.4 Å². The second-order valence-corrected chi connectivity index (χ2v) is 5.48. The third-order valence-electron chi connectivity index (χ3n) is 4.00. The van der Waals surface area contributed by atoms with Gasteiger partial charge in [-0.1, -0.05) is 0 Å². The van der Waals surface area contributed by atoms with Crippen LogP contribution in [-0.4, -0.2) is 39.7 Å². The van der Waals surface area contributed by atoms with Crippen LogP contribution < -0.4 is 10.6 Å². The van der Waals surface area contributed by atoms with Gasteiger partial charge >= 0.3 is 5.69 Å². The topological polar surface area (TPSA) is 102 Å². The maximum absolute atomic E-state index is 11.3. The van der Waals surface area contributed by atoms with Gasteiger partial charge in [0.05, 0.1) is 23.2 Å². The fourth-order valence-electron chi connectivity index (χ4n) is 3.09. The molecule has 0 radical (unpaired) electrons. The highest BCUT2D eigenvalue weighted by atomic mass is 16.6. The summed E-state index contributed by atoms with van der Waals surface area (Å²) < 4.78 is 5.77. The number of hydrogen-bond donors (Lipinski definition) is 2. The van der Waals surface area contributed by atoms with E-state index in [4.69, 9.17) is 4.74 Å². The maximum Gasteiger partial charge on any atom is 0.332 e. The van der Waals surface area contributed by atoms with E-state index in [1.54, 1.807) is 6.92 Å². The number of aromatic nitrogens is 2. The molecule has 3 unspecified atom stereocenters. The van der Waals surface area contributed by atoms with Crippen molar-refractivity contribution >= 4 is 17.5 Å². The average Bonchev–Trinajstić information content (AvgIpc) is 3.00. The van der Waals surface area contributed by atoms with Crippen LogP contribution in [0.15, 0.2) is 0 Å². The lowest BCUT2D eigenvalue weighted by atomic mass is 9.95. The quantitative estimate of drug-likeness (QED) is 0.631. The van der Waals surface area contributed by atoms with Crippen LogP contribution in [0.25, 0.3) is 0 Å². The van der Waals surface area contributed by atoms with E-state index in [0.717, 1.165) is 19.3 Å². The molecular weight excluding hydrogens is 274 g/mol. The Hall–Kier alpha value is -1.96. The Morgan fingerprint density at radius 3 is 2.81 bits per heavy atom. The first-order chi connectivity index (χ1) is 10.1. The number of aryl methyl sites for hydroxylation is 1. The first-order valence-corrected chi connectivity index (χ1v) is 7.27. The zero-order chi connectivity index (χ0) is 15.0. The van der Waals surface area contributed by atoms with Gasteiger partial charge in [-0.3, -0.25) is 10.1 Å². The van der Waals surface area contributed by atoms with Crippen LogP contribution in [0.4, 0.5) is 17.5 Å². The summed E-state index contributed by atoms with van der Waals surface area (Å²) in [6.07, 6.45) is 3.37. The summed E-state index contributed by atoms with van der Waals surface area (Å²) >= 11 is 0. The summed E-state index contributed by atoms with van der Waals surface area (Å²) in [6.45, 7) is 4.22. The zero-order valence-corrected chi connectivity index (χ0v) is 12.1. The summed E-state index contributed by atoms with van der Waals surface area (Å²) in [5, 5.41) is 17.5. The van der Waals surface area contributed by atoms with Gasteiger partial charge in [0.15, 0.2) is 0 Å². The van der Waals surface area contributed by atoms with Crippen molar-refractivity contribution in [3.8, 4) is 0 Å². The predicted molar refractivity (Wildman–Crippen MR) is 77.5 cm³/mol. The van der Waals surface area contributed by atoms with E-state index in [0.29, 0.717) is 18.2 Å². The molecule has 8 nitrogen and oxygen atoms in total. The number of fused-ring (bicyclic) bond motifs is 2. The van der Waals surface area contributed by atoms with Crippen molar-refractivity contribution in [1.29, 1.82) is 0 Å². The molecule has 8 heteroatoms. The van der Waals surface area contributed by atoms with Gasteiger partial charge in [0, 0.05) is 6.54 Å². The van der Waals surface area contributed by atoms with Crippen molar-refractivity contribution in [1.82, 2.24) is 9.97 Å². The fraction of sp³-hybridized carbons (Fsp3) is 0.692. The fourth-order valence-corrected chi connectivity index (χ4v) is 3.09. The molecule has 0 spiro atoms. The van der Waals surface area contributed by atoms with Crippen LogP contribution >= 0.6 is 0 Å². The monoisotopic (exact) mass is 293 g/mol. The first-order valence-electron chi connectivity index (χ1n) is 7.27. The molecule has 2 aliphatic heterocycles.